The molecule has 2 rings (SSSR count). The van der Waals surface area contributed by atoms with Crippen molar-refractivity contribution in [3.63, 3.8) is 0 Å². The minimum absolute atomic E-state index is 0.345. The average molecular weight is 369 g/mol. The number of aldehydes is 1. The van der Waals surface area contributed by atoms with E-state index < -0.39 is 5.92 Å². The molecule has 22 heavy (non-hydrogen) atoms. The monoisotopic (exact) mass is 368 g/mol. The van der Waals surface area contributed by atoms with Crippen molar-refractivity contribution in [1.82, 2.24) is 0 Å². The molecule has 1 aromatic carbocycles. The van der Waals surface area contributed by atoms with Crippen LogP contribution in [0.1, 0.15) is 23.2 Å². The molecule has 0 aromatic heterocycles. The van der Waals surface area contributed by atoms with Crippen molar-refractivity contribution in [3.05, 3.63) is 34.3 Å². The first-order valence-electron chi connectivity index (χ1n) is 6.85. The van der Waals surface area contributed by atoms with Gasteiger partial charge in [0.05, 0.1) is 18.7 Å². The van der Waals surface area contributed by atoms with E-state index in [2.05, 4.69) is 15.9 Å². The predicted octanol–water partition coefficient (Wildman–Crippen LogP) is 3.16. The van der Waals surface area contributed by atoms with E-state index >= 15 is 0 Å². The van der Waals surface area contributed by atoms with Gasteiger partial charge in [-0.25, -0.2) is 0 Å². The molecule has 2 atom stereocenters. The van der Waals surface area contributed by atoms with Gasteiger partial charge < -0.3 is 14.2 Å². The number of rotatable bonds is 5. The number of benzene rings is 1. The second kappa shape index (κ2) is 7.45. The van der Waals surface area contributed by atoms with E-state index in [1.54, 1.807) is 18.2 Å². The summed E-state index contributed by atoms with van der Waals surface area (Å²) >= 11 is 3.36. The molecule has 5 nitrogen and oxygen atoms in total. The molecule has 0 radical (unpaired) electrons. The van der Waals surface area contributed by atoms with Crippen LogP contribution < -0.4 is 9.47 Å². The van der Waals surface area contributed by atoms with Gasteiger partial charge in [-0.2, -0.15) is 0 Å². The van der Waals surface area contributed by atoms with Crippen molar-refractivity contribution in [2.45, 2.75) is 18.9 Å². The number of ether oxygens (including phenoxy) is 3. The van der Waals surface area contributed by atoms with E-state index in [0.29, 0.717) is 28.0 Å². The van der Waals surface area contributed by atoms with Gasteiger partial charge >= 0.3 is 5.97 Å². The molecule has 1 aliphatic rings. The quantitative estimate of drug-likeness (QED) is 0.453. The Hall–Kier alpha value is -1.82. The molecule has 0 aliphatic heterocycles. The summed E-state index contributed by atoms with van der Waals surface area (Å²) in [5, 5.41) is 0. The molecule has 0 saturated heterocycles. The van der Waals surface area contributed by atoms with Gasteiger partial charge in [-0.05, 0) is 40.9 Å². The fraction of sp³-hybridized carbons (Fsp3) is 0.375. The Balaban J connectivity index is 2.34. The SMILES string of the molecule is COC(=O)C1C=CCC[C@@H]1Oc1c(OC)ccc(C=O)c1Br. The summed E-state index contributed by atoms with van der Waals surface area (Å²) in [4.78, 5) is 23.0. The van der Waals surface area contributed by atoms with Crippen LogP contribution in [0.15, 0.2) is 28.8 Å². The number of esters is 1. The summed E-state index contributed by atoms with van der Waals surface area (Å²) in [5.74, 6) is 0.0924. The van der Waals surface area contributed by atoms with Crippen LogP contribution in [0.5, 0.6) is 11.5 Å². The third kappa shape index (κ3) is 3.32. The first kappa shape index (κ1) is 16.5. The second-order valence-electron chi connectivity index (χ2n) is 4.83. The molecular weight excluding hydrogens is 352 g/mol. The molecular formula is C16H17BrO5. The lowest BCUT2D eigenvalue weighted by Gasteiger charge is -2.28. The van der Waals surface area contributed by atoms with E-state index in [0.717, 1.165) is 12.7 Å². The van der Waals surface area contributed by atoms with Crippen LogP contribution in [0.4, 0.5) is 0 Å². The Morgan fingerprint density at radius 2 is 2.14 bits per heavy atom. The summed E-state index contributed by atoms with van der Waals surface area (Å²) < 4.78 is 16.6. The highest BCUT2D eigenvalue weighted by Gasteiger charge is 2.32. The van der Waals surface area contributed by atoms with Crippen molar-refractivity contribution in [2.24, 2.45) is 5.92 Å². The largest absolute Gasteiger partial charge is 0.493 e. The average Bonchev–Trinajstić information content (AvgIpc) is 2.56. The minimum atomic E-state index is -0.477. The summed E-state index contributed by atoms with van der Waals surface area (Å²) in [6.07, 6.45) is 5.58. The third-order valence-corrected chi connectivity index (χ3v) is 4.36. The van der Waals surface area contributed by atoms with Gasteiger partial charge in [0.2, 0.25) is 0 Å². The molecule has 0 fully saturated rings. The van der Waals surface area contributed by atoms with Crippen molar-refractivity contribution >= 4 is 28.2 Å². The van der Waals surface area contributed by atoms with Crippen LogP contribution in [0, 0.1) is 5.92 Å². The number of methoxy groups -OCH3 is 2. The molecule has 1 aromatic rings. The van der Waals surface area contributed by atoms with Crippen LogP contribution in [0.2, 0.25) is 0 Å². The van der Waals surface area contributed by atoms with Gasteiger partial charge in [0, 0.05) is 5.56 Å². The van der Waals surface area contributed by atoms with Gasteiger partial charge in [-0.1, -0.05) is 12.2 Å². The molecule has 0 saturated carbocycles. The Morgan fingerprint density at radius 3 is 2.77 bits per heavy atom. The van der Waals surface area contributed by atoms with Gasteiger partial charge in [0.15, 0.2) is 17.8 Å². The molecule has 0 bridgehead atoms. The number of carbonyl (C=O) groups excluding carboxylic acids is 2. The lowest BCUT2D eigenvalue weighted by molar-refractivity contribution is -0.146. The molecule has 1 unspecified atom stereocenters. The van der Waals surface area contributed by atoms with Crippen molar-refractivity contribution < 1.29 is 23.8 Å². The molecule has 0 heterocycles. The number of allylic oxidation sites excluding steroid dienone is 1. The van der Waals surface area contributed by atoms with Crippen LogP contribution in [-0.2, 0) is 9.53 Å². The number of hydrogen-bond donors (Lipinski definition) is 0. The lowest BCUT2D eigenvalue weighted by Crippen LogP contribution is -2.34. The van der Waals surface area contributed by atoms with Gasteiger partial charge in [0.1, 0.15) is 12.0 Å². The van der Waals surface area contributed by atoms with Gasteiger partial charge in [-0.3, -0.25) is 9.59 Å². The summed E-state index contributed by atoms with van der Waals surface area (Å²) in [6, 6.07) is 3.30. The van der Waals surface area contributed by atoms with E-state index in [9.17, 15) is 9.59 Å². The highest BCUT2D eigenvalue weighted by Crippen LogP contribution is 2.39. The van der Waals surface area contributed by atoms with Crippen molar-refractivity contribution in [2.75, 3.05) is 14.2 Å². The lowest BCUT2D eigenvalue weighted by atomic mass is 9.92. The standard InChI is InChI=1S/C16H17BrO5/c1-20-13-8-7-10(9-18)14(17)15(13)22-12-6-4-3-5-11(12)16(19)21-2/h3,5,7-9,11-12H,4,6H2,1-2H3/t11?,12-/m0/s1. The number of carbonyl (C=O) groups is 2. The Labute approximate surface area is 137 Å². The Kier molecular flexibility index (Phi) is 5.60. The zero-order valence-electron chi connectivity index (χ0n) is 12.4. The van der Waals surface area contributed by atoms with Crippen molar-refractivity contribution in [1.29, 1.82) is 0 Å². The zero-order valence-corrected chi connectivity index (χ0v) is 14.0. The van der Waals surface area contributed by atoms with E-state index in [4.69, 9.17) is 14.2 Å². The molecule has 1 aliphatic carbocycles. The molecule has 0 N–H and O–H groups in total. The molecule has 0 spiro atoms. The number of hydrogen-bond acceptors (Lipinski definition) is 5. The molecule has 118 valence electrons. The topological polar surface area (TPSA) is 61.8 Å². The van der Waals surface area contributed by atoms with E-state index in [-0.39, 0.29) is 12.1 Å². The predicted molar refractivity (Wildman–Crippen MR) is 84.4 cm³/mol. The van der Waals surface area contributed by atoms with Crippen LogP contribution in [-0.4, -0.2) is 32.6 Å². The Morgan fingerprint density at radius 1 is 1.36 bits per heavy atom. The normalized spacial score (nSPS) is 20.3. The highest BCUT2D eigenvalue weighted by molar-refractivity contribution is 9.10. The van der Waals surface area contributed by atoms with E-state index in [1.807, 2.05) is 6.08 Å². The number of halogens is 1. The summed E-state index contributed by atoms with van der Waals surface area (Å²) in [6.45, 7) is 0. The van der Waals surface area contributed by atoms with Gasteiger partial charge in [-0.15, -0.1) is 0 Å². The van der Waals surface area contributed by atoms with Crippen LogP contribution in [0.25, 0.3) is 0 Å². The molecule has 0 amide bonds. The Bertz CT molecular complexity index is 596. The van der Waals surface area contributed by atoms with E-state index in [1.165, 1.54) is 14.2 Å². The maximum atomic E-state index is 11.9. The summed E-state index contributed by atoms with van der Waals surface area (Å²) in [7, 11) is 2.87. The third-order valence-electron chi connectivity index (χ3n) is 3.54. The fourth-order valence-electron chi connectivity index (χ4n) is 2.37. The van der Waals surface area contributed by atoms with Crippen LogP contribution >= 0.6 is 15.9 Å². The smallest absolute Gasteiger partial charge is 0.316 e. The van der Waals surface area contributed by atoms with Crippen molar-refractivity contribution in [3.8, 4) is 11.5 Å². The first-order valence-corrected chi connectivity index (χ1v) is 7.64. The summed E-state index contributed by atoms with van der Waals surface area (Å²) in [5.41, 5.74) is 0.455. The fourth-order valence-corrected chi connectivity index (χ4v) is 2.89. The van der Waals surface area contributed by atoms with Gasteiger partial charge in [0.25, 0.3) is 0 Å². The maximum Gasteiger partial charge on any atom is 0.316 e. The maximum absolute atomic E-state index is 11.9. The minimum Gasteiger partial charge on any atom is -0.493 e. The van der Waals surface area contributed by atoms with Crippen LogP contribution in [0.3, 0.4) is 0 Å². The zero-order chi connectivity index (χ0) is 16.1. The highest BCUT2D eigenvalue weighted by atomic mass is 79.9. The second-order valence-corrected chi connectivity index (χ2v) is 5.62. The molecule has 6 heteroatoms. The first-order chi connectivity index (χ1) is 10.6.